The van der Waals surface area contributed by atoms with Gasteiger partial charge < -0.3 is 0 Å². The average molecular weight is 220 g/mol. The van der Waals surface area contributed by atoms with Crippen molar-refractivity contribution in [3.63, 3.8) is 0 Å². The molecule has 0 aliphatic heterocycles. The van der Waals surface area contributed by atoms with Gasteiger partial charge in [-0.1, -0.05) is 39.2 Å². The third-order valence-corrected chi connectivity index (χ3v) is 5.42. The normalized spacial score (nSPS) is 22.9. The van der Waals surface area contributed by atoms with E-state index in [0.717, 1.165) is 14.2 Å². The van der Waals surface area contributed by atoms with Gasteiger partial charge in [0.1, 0.15) is 0 Å². The molecule has 0 spiro atoms. The summed E-state index contributed by atoms with van der Waals surface area (Å²) in [5.41, 5.74) is 5.77. The molecule has 2 aliphatic rings. The van der Waals surface area contributed by atoms with Gasteiger partial charge in [-0.3, -0.25) is 0 Å². The van der Waals surface area contributed by atoms with Crippen molar-refractivity contribution in [3.8, 4) is 0 Å². The SMILES string of the molecule is CC(C)(PC1CCCCC1)C1=C=CC=C1. The van der Waals surface area contributed by atoms with Crippen molar-refractivity contribution in [2.24, 2.45) is 0 Å². The third-order valence-electron chi connectivity index (χ3n) is 3.44. The summed E-state index contributed by atoms with van der Waals surface area (Å²) in [6.07, 6.45) is 13.7. The summed E-state index contributed by atoms with van der Waals surface area (Å²) in [6, 6.07) is 0. The quantitative estimate of drug-likeness (QED) is 0.487. The Bertz CT molecular complexity index is 310. The Kier molecular flexibility index (Phi) is 3.49. The second-order valence-corrected chi connectivity index (χ2v) is 7.54. The van der Waals surface area contributed by atoms with Crippen LogP contribution in [-0.2, 0) is 0 Å². The molecule has 2 rings (SSSR count). The molecule has 0 amide bonds. The van der Waals surface area contributed by atoms with Crippen LogP contribution in [-0.4, -0.2) is 10.8 Å². The average Bonchev–Trinajstić information content (AvgIpc) is 2.71. The molecule has 82 valence electrons. The molecule has 0 aromatic heterocycles. The Morgan fingerprint density at radius 1 is 1.27 bits per heavy atom. The minimum atomic E-state index is 0.353. The zero-order valence-electron chi connectivity index (χ0n) is 9.84. The number of rotatable bonds is 3. The molecule has 0 aromatic rings. The lowest BCUT2D eigenvalue weighted by atomic mass is 10.0. The van der Waals surface area contributed by atoms with Gasteiger partial charge in [0, 0.05) is 10.7 Å². The van der Waals surface area contributed by atoms with Gasteiger partial charge in [-0.15, -0.1) is 14.3 Å². The highest BCUT2D eigenvalue weighted by Crippen LogP contribution is 2.46. The van der Waals surface area contributed by atoms with Gasteiger partial charge in [0.05, 0.1) is 0 Å². The molecule has 0 bridgehead atoms. The van der Waals surface area contributed by atoms with Crippen LogP contribution in [0.15, 0.2) is 29.5 Å². The maximum absolute atomic E-state index is 3.37. The molecule has 0 aromatic carbocycles. The maximum Gasteiger partial charge on any atom is 0.0145 e. The Labute approximate surface area is 95.3 Å². The first-order chi connectivity index (χ1) is 7.18. The first-order valence-corrected chi connectivity index (χ1v) is 7.18. The molecule has 1 heteroatoms. The smallest absolute Gasteiger partial charge is 0.0145 e. The number of allylic oxidation sites excluding steroid dienone is 3. The van der Waals surface area contributed by atoms with Gasteiger partial charge >= 0.3 is 0 Å². The van der Waals surface area contributed by atoms with E-state index in [4.69, 9.17) is 0 Å². The van der Waals surface area contributed by atoms with Crippen LogP contribution in [0.3, 0.4) is 0 Å². The Balaban J connectivity index is 1.97. The third kappa shape index (κ3) is 2.83. The molecule has 0 nitrogen and oxygen atoms in total. The highest BCUT2D eigenvalue weighted by atomic mass is 31.1. The molecule has 0 heterocycles. The zero-order valence-corrected chi connectivity index (χ0v) is 10.8. The van der Waals surface area contributed by atoms with Crippen LogP contribution < -0.4 is 0 Å². The second kappa shape index (κ2) is 4.69. The predicted octanol–water partition coefficient (Wildman–Crippen LogP) is 4.43. The zero-order chi connectivity index (χ0) is 10.7. The van der Waals surface area contributed by atoms with Crippen LogP contribution in [0.1, 0.15) is 46.0 Å². The van der Waals surface area contributed by atoms with Crippen LogP contribution in [0.25, 0.3) is 0 Å². The van der Waals surface area contributed by atoms with Crippen LogP contribution >= 0.6 is 8.58 Å². The summed E-state index contributed by atoms with van der Waals surface area (Å²) >= 11 is 0. The topological polar surface area (TPSA) is 0 Å². The Morgan fingerprint density at radius 2 is 2.00 bits per heavy atom. The van der Waals surface area contributed by atoms with Crippen LogP contribution in [0.4, 0.5) is 0 Å². The first-order valence-electron chi connectivity index (χ1n) is 6.10. The van der Waals surface area contributed by atoms with E-state index in [-0.39, 0.29) is 0 Å². The summed E-state index contributed by atoms with van der Waals surface area (Å²) in [6.45, 7) is 4.76. The monoisotopic (exact) mass is 220 g/mol. The summed E-state index contributed by atoms with van der Waals surface area (Å²) in [7, 11) is 1.07. The van der Waals surface area contributed by atoms with Crippen molar-refractivity contribution in [1.29, 1.82) is 0 Å². The van der Waals surface area contributed by atoms with Crippen LogP contribution in [0, 0.1) is 0 Å². The summed E-state index contributed by atoms with van der Waals surface area (Å²) in [5.74, 6) is 0. The molecule has 1 unspecified atom stereocenters. The lowest BCUT2D eigenvalue weighted by molar-refractivity contribution is 0.510. The van der Waals surface area contributed by atoms with Crippen molar-refractivity contribution < 1.29 is 0 Å². The minimum absolute atomic E-state index is 0.353. The van der Waals surface area contributed by atoms with Crippen molar-refractivity contribution in [1.82, 2.24) is 0 Å². The van der Waals surface area contributed by atoms with E-state index in [1.807, 2.05) is 6.08 Å². The van der Waals surface area contributed by atoms with Gasteiger partial charge in [0.2, 0.25) is 0 Å². The van der Waals surface area contributed by atoms with Crippen molar-refractivity contribution in [3.05, 3.63) is 29.5 Å². The lowest BCUT2D eigenvalue weighted by Gasteiger charge is -2.32. The van der Waals surface area contributed by atoms with E-state index in [2.05, 4.69) is 31.7 Å². The highest BCUT2D eigenvalue weighted by Gasteiger charge is 2.27. The molecule has 1 saturated carbocycles. The minimum Gasteiger partial charge on any atom is -0.116 e. The molecule has 1 atom stereocenters. The standard InChI is InChI=1S/C14H21P/c1-14(2,12-8-6-7-9-12)15-13-10-4-3-5-11-13/h6-8,13,15H,3-5,10-11H2,1-2H3. The number of hydrogen-bond donors (Lipinski definition) is 0. The molecule has 0 radical (unpaired) electrons. The highest BCUT2D eigenvalue weighted by molar-refractivity contribution is 7.41. The van der Waals surface area contributed by atoms with Gasteiger partial charge in [-0.2, -0.15) is 0 Å². The van der Waals surface area contributed by atoms with Crippen LogP contribution in [0.2, 0.25) is 0 Å². The largest absolute Gasteiger partial charge is 0.116 e. The van der Waals surface area contributed by atoms with E-state index in [0.29, 0.717) is 5.16 Å². The molecule has 1 fully saturated rings. The van der Waals surface area contributed by atoms with Crippen molar-refractivity contribution in [2.75, 3.05) is 0 Å². The van der Waals surface area contributed by atoms with Gasteiger partial charge in [0.25, 0.3) is 0 Å². The summed E-state index contributed by atoms with van der Waals surface area (Å²) in [4.78, 5) is 0. The fourth-order valence-electron chi connectivity index (χ4n) is 2.55. The lowest BCUT2D eigenvalue weighted by Crippen LogP contribution is -2.20. The maximum atomic E-state index is 3.37. The van der Waals surface area contributed by atoms with E-state index in [9.17, 15) is 0 Å². The molecule has 2 aliphatic carbocycles. The fourth-order valence-corrected chi connectivity index (χ4v) is 4.58. The first kappa shape index (κ1) is 11.2. The van der Waals surface area contributed by atoms with Gasteiger partial charge in [-0.25, -0.2) is 0 Å². The van der Waals surface area contributed by atoms with Crippen molar-refractivity contribution >= 4 is 8.58 Å². The van der Waals surface area contributed by atoms with Gasteiger partial charge in [-0.05, 0) is 30.7 Å². The molecule has 0 saturated heterocycles. The molecular formula is C14H21P. The Morgan fingerprint density at radius 3 is 2.60 bits per heavy atom. The van der Waals surface area contributed by atoms with Gasteiger partial charge in [0.15, 0.2) is 0 Å². The van der Waals surface area contributed by atoms with E-state index in [1.165, 1.54) is 37.7 Å². The van der Waals surface area contributed by atoms with Crippen molar-refractivity contribution in [2.45, 2.75) is 56.8 Å². The Hall–Kier alpha value is -0.310. The fraction of sp³-hybridized carbons (Fsp3) is 0.643. The van der Waals surface area contributed by atoms with E-state index in [1.54, 1.807) is 0 Å². The van der Waals surface area contributed by atoms with E-state index >= 15 is 0 Å². The van der Waals surface area contributed by atoms with Crippen LogP contribution in [0.5, 0.6) is 0 Å². The summed E-state index contributed by atoms with van der Waals surface area (Å²) in [5, 5.41) is 0.353. The second-order valence-electron chi connectivity index (χ2n) is 5.19. The molecular weight excluding hydrogens is 199 g/mol. The molecule has 0 N–H and O–H groups in total. The summed E-state index contributed by atoms with van der Waals surface area (Å²) < 4.78 is 0. The molecule has 15 heavy (non-hydrogen) atoms. The predicted molar refractivity (Wildman–Crippen MR) is 70.0 cm³/mol. The van der Waals surface area contributed by atoms with E-state index < -0.39 is 0 Å². The number of hydrogen-bond acceptors (Lipinski definition) is 0.